The molecule has 0 aliphatic carbocycles. The van der Waals surface area contributed by atoms with Crippen LogP contribution in [0.1, 0.15) is 26.3 Å². The van der Waals surface area contributed by atoms with Gasteiger partial charge in [0.2, 0.25) is 5.82 Å². The molecular weight excluding hydrogens is 272 g/mol. The highest BCUT2D eigenvalue weighted by molar-refractivity contribution is 5.58. The Balaban J connectivity index is 2.40. The van der Waals surface area contributed by atoms with Crippen LogP contribution < -0.4 is 10.5 Å². The SMILES string of the molecule is CC(C)(C)c1cccc(Oc2ncnc(N)c2[N+](=O)[O-])c1. The van der Waals surface area contributed by atoms with E-state index in [-0.39, 0.29) is 17.1 Å². The summed E-state index contributed by atoms with van der Waals surface area (Å²) in [7, 11) is 0. The maximum Gasteiger partial charge on any atom is 0.372 e. The van der Waals surface area contributed by atoms with E-state index >= 15 is 0 Å². The molecule has 1 heterocycles. The van der Waals surface area contributed by atoms with Crippen LogP contribution in [-0.2, 0) is 5.41 Å². The van der Waals surface area contributed by atoms with E-state index in [0.717, 1.165) is 11.9 Å². The third-order valence-electron chi connectivity index (χ3n) is 2.91. The number of nitrogens with two attached hydrogens (primary N) is 1. The molecule has 0 aliphatic rings. The molecule has 0 saturated heterocycles. The number of hydrogen-bond donors (Lipinski definition) is 1. The molecule has 0 atom stereocenters. The van der Waals surface area contributed by atoms with Crippen molar-refractivity contribution in [1.82, 2.24) is 9.97 Å². The molecule has 2 aromatic rings. The monoisotopic (exact) mass is 288 g/mol. The minimum atomic E-state index is -0.654. The summed E-state index contributed by atoms with van der Waals surface area (Å²) in [5.41, 5.74) is 6.06. The van der Waals surface area contributed by atoms with Crippen LogP contribution in [0.25, 0.3) is 0 Å². The Kier molecular flexibility index (Phi) is 3.75. The smallest absolute Gasteiger partial charge is 0.372 e. The summed E-state index contributed by atoms with van der Waals surface area (Å²) >= 11 is 0. The highest BCUT2D eigenvalue weighted by Crippen LogP contribution is 2.33. The fourth-order valence-corrected chi connectivity index (χ4v) is 1.76. The van der Waals surface area contributed by atoms with Gasteiger partial charge < -0.3 is 10.5 Å². The molecule has 1 aromatic carbocycles. The van der Waals surface area contributed by atoms with E-state index in [1.54, 1.807) is 6.07 Å². The summed E-state index contributed by atoms with van der Waals surface area (Å²) in [6, 6.07) is 7.32. The number of rotatable bonds is 3. The van der Waals surface area contributed by atoms with Gasteiger partial charge in [0.1, 0.15) is 12.1 Å². The van der Waals surface area contributed by atoms with Gasteiger partial charge in [0.15, 0.2) is 0 Å². The molecule has 0 fully saturated rings. The molecule has 0 amide bonds. The average molecular weight is 288 g/mol. The Bertz CT molecular complexity index is 680. The van der Waals surface area contributed by atoms with Gasteiger partial charge in [-0.05, 0) is 23.1 Å². The fourth-order valence-electron chi connectivity index (χ4n) is 1.76. The van der Waals surface area contributed by atoms with Gasteiger partial charge in [-0.1, -0.05) is 32.9 Å². The van der Waals surface area contributed by atoms with Gasteiger partial charge in [0.05, 0.1) is 4.92 Å². The normalized spacial score (nSPS) is 11.2. The lowest BCUT2D eigenvalue weighted by molar-refractivity contribution is -0.385. The van der Waals surface area contributed by atoms with Crippen molar-refractivity contribution in [2.75, 3.05) is 5.73 Å². The molecule has 0 aliphatic heterocycles. The number of nitro groups is 1. The van der Waals surface area contributed by atoms with Crippen molar-refractivity contribution in [2.45, 2.75) is 26.2 Å². The zero-order valence-corrected chi connectivity index (χ0v) is 12.0. The van der Waals surface area contributed by atoms with Crippen molar-refractivity contribution in [3.8, 4) is 11.6 Å². The molecule has 0 saturated carbocycles. The first-order valence-electron chi connectivity index (χ1n) is 6.32. The number of hydrogen-bond acceptors (Lipinski definition) is 6. The Labute approximate surface area is 121 Å². The molecule has 0 radical (unpaired) electrons. The Morgan fingerprint density at radius 1 is 1.29 bits per heavy atom. The first-order valence-corrected chi connectivity index (χ1v) is 6.32. The zero-order valence-electron chi connectivity index (χ0n) is 12.0. The number of benzene rings is 1. The topological polar surface area (TPSA) is 104 Å². The van der Waals surface area contributed by atoms with Gasteiger partial charge in [-0.2, -0.15) is 4.98 Å². The lowest BCUT2D eigenvalue weighted by atomic mass is 9.87. The van der Waals surface area contributed by atoms with Crippen LogP contribution in [0, 0.1) is 10.1 Å². The van der Waals surface area contributed by atoms with E-state index in [0.29, 0.717) is 5.75 Å². The van der Waals surface area contributed by atoms with Gasteiger partial charge in [-0.3, -0.25) is 10.1 Å². The van der Waals surface area contributed by atoms with Crippen molar-refractivity contribution in [3.05, 3.63) is 46.3 Å². The Hall–Kier alpha value is -2.70. The molecule has 0 unspecified atom stereocenters. The summed E-state index contributed by atoms with van der Waals surface area (Å²) in [6.07, 6.45) is 1.13. The van der Waals surface area contributed by atoms with Crippen molar-refractivity contribution in [3.63, 3.8) is 0 Å². The second-order valence-electron chi connectivity index (χ2n) is 5.55. The standard InChI is InChI=1S/C14H16N4O3/c1-14(2,3)9-5-4-6-10(7-9)21-13-11(18(19)20)12(15)16-8-17-13/h4-8H,1-3H3,(H2,15,16,17). The largest absolute Gasteiger partial charge is 0.434 e. The predicted octanol–water partition coefficient (Wildman–Crippen LogP) is 3.06. The average Bonchev–Trinajstić information content (AvgIpc) is 2.37. The van der Waals surface area contributed by atoms with Gasteiger partial charge in [-0.25, -0.2) is 4.98 Å². The van der Waals surface area contributed by atoms with E-state index in [4.69, 9.17) is 10.5 Å². The van der Waals surface area contributed by atoms with E-state index < -0.39 is 10.6 Å². The Morgan fingerprint density at radius 3 is 2.62 bits per heavy atom. The van der Waals surface area contributed by atoms with Gasteiger partial charge in [0.25, 0.3) is 0 Å². The second-order valence-corrected chi connectivity index (χ2v) is 5.55. The van der Waals surface area contributed by atoms with Crippen molar-refractivity contribution in [2.24, 2.45) is 0 Å². The minimum Gasteiger partial charge on any atom is -0.434 e. The summed E-state index contributed by atoms with van der Waals surface area (Å²) in [4.78, 5) is 17.8. The van der Waals surface area contributed by atoms with E-state index in [1.807, 2.05) is 18.2 Å². The second kappa shape index (κ2) is 5.35. The van der Waals surface area contributed by atoms with Crippen molar-refractivity contribution >= 4 is 11.5 Å². The molecule has 110 valence electrons. The maximum absolute atomic E-state index is 11.0. The molecule has 21 heavy (non-hydrogen) atoms. The highest BCUT2D eigenvalue weighted by atomic mass is 16.6. The van der Waals surface area contributed by atoms with Gasteiger partial charge in [0, 0.05) is 0 Å². The number of ether oxygens (including phenoxy) is 1. The van der Waals surface area contributed by atoms with Crippen LogP contribution in [0.5, 0.6) is 11.6 Å². The maximum atomic E-state index is 11.0. The zero-order chi connectivity index (χ0) is 15.6. The predicted molar refractivity (Wildman–Crippen MR) is 78.3 cm³/mol. The Morgan fingerprint density at radius 2 is 2.00 bits per heavy atom. The third kappa shape index (κ3) is 3.25. The van der Waals surface area contributed by atoms with Crippen LogP contribution in [0.4, 0.5) is 11.5 Å². The molecule has 2 rings (SSSR count). The van der Waals surface area contributed by atoms with Crippen molar-refractivity contribution < 1.29 is 9.66 Å². The molecule has 2 N–H and O–H groups in total. The molecule has 7 nitrogen and oxygen atoms in total. The lowest BCUT2D eigenvalue weighted by Gasteiger charge is -2.19. The first kappa shape index (κ1) is 14.7. The third-order valence-corrected chi connectivity index (χ3v) is 2.91. The van der Waals surface area contributed by atoms with Crippen molar-refractivity contribution in [1.29, 1.82) is 0 Å². The number of anilines is 1. The van der Waals surface area contributed by atoms with E-state index in [2.05, 4.69) is 30.7 Å². The summed E-state index contributed by atoms with van der Waals surface area (Å²) in [5, 5.41) is 11.0. The first-order chi connectivity index (χ1) is 9.79. The quantitative estimate of drug-likeness (QED) is 0.687. The van der Waals surface area contributed by atoms with Crippen LogP contribution in [0.2, 0.25) is 0 Å². The molecular formula is C14H16N4O3. The van der Waals surface area contributed by atoms with E-state index in [9.17, 15) is 10.1 Å². The molecule has 1 aromatic heterocycles. The van der Waals surface area contributed by atoms with Crippen LogP contribution >= 0.6 is 0 Å². The molecule has 0 bridgehead atoms. The summed E-state index contributed by atoms with van der Waals surface area (Å²) < 4.78 is 5.51. The summed E-state index contributed by atoms with van der Waals surface area (Å²) in [6.45, 7) is 6.20. The number of aromatic nitrogens is 2. The van der Waals surface area contributed by atoms with E-state index in [1.165, 1.54) is 0 Å². The van der Waals surface area contributed by atoms with Crippen LogP contribution in [0.15, 0.2) is 30.6 Å². The fraction of sp³-hybridized carbons (Fsp3) is 0.286. The molecule has 0 spiro atoms. The van der Waals surface area contributed by atoms with Gasteiger partial charge >= 0.3 is 11.6 Å². The number of nitrogens with zero attached hydrogens (tertiary/aromatic N) is 3. The van der Waals surface area contributed by atoms with Gasteiger partial charge in [-0.15, -0.1) is 0 Å². The molecule has 7 heteroatoms. The highest BCUT2D eigenvalue weighted by Gasteiger charge is 2.23. The summed E-state index contributed by atoms with van der Waals surface area (Å²) in [5.74, 6) is 0.0687. The minimum absolute atomic E-state index is 0.0595. The van der Waals surface area contributed by atoms with Crippen LogP contribution in [0.3, 0.4) is 0 Å². The lowest BCUT2D eigenvalue weighted by Crippen LogP contribution is -2.10. The van der Waals surface area contributed by atoms with Crippen LogP contribution in [-0.4, -0.2) is 14.9 Å². The number of nitrogen functional groups attached to an aromatic ring is 1.